The standard InChI is InChI=1S/C17H14FN5O/c18-15-6-11(12-8-19-10-20-9-12)3-4-14(15)17(24)21-16-7-13-2-1-5-23(13)22-16/h3-4,6-10H,1-2,5H2,(H,21,22,24). The van der Waals surface area contributed by atoms with Crippen LogP contribution in [0.3, 0.4) is 0 Å². The maximum absolute atomic E-state index is 14.3. The Morgan fingerprint density at radius 3 is 2.75 bits per heavy atom. The molecule has 3 heterocycles. The zero-order valence-corrected chi connectivity index (χ0v) is 12.7. The number of hydrogen-bond donors (Lipinski definition) is 1. The van der Waals surface area contributed by atoms with Crippen molar-refractivity contribution in [2.75, 3.05) is 5.32 Å². The molecular formula is C17H14FN5O. The number of aryl methyl sites for hydroxylation is 2. The van der Waals surface area contributed by atoms with Crippen molar-refractivity contribution in [3.63, 3.8) is 0 Å². The topological polar surface area (TPSA) is 72.7 Å². The van der Waals surface area contributed by atoms with E-state index in [1.165, 1.54) is 18.5 Å². The smallest absolute Gasteiger partial charge is 0.259 e. The molecule has 1 aromatic carbocycles. The van der Waals surface area contributed by atoms with Gasteiger partial charge in [0.2, 0.25) is 0 Å². The van der Waals surface area contributed by atoms with Crippen molar-refractivity contribution in [3.8, 4) is 11.1 Å². The van der Waals surface area contributed by atoms with E-state index in [1.54, 1.807) is 18.5 Å². The summed E-state index contributed by atoms with van der Waals surface area (Å²) in [5.41, 5.74) is 2.37. The molecule has 0 fully saturated rings. The lowest BCUT2D eigenvalue weighted by Gasteiger charge is -2.06. The molecule has 0 radical (unpaired) electrons. The highest BCUT2D eigenvalue weighted by molar-refractivity contribution is 6.04. The third-order valence-electron chi connectivity index (χ3n) is 4.02. The number of amides is 1. The Balaban J connectivity index is 1.56. The maximum Gasteiger partial charge on any atom is 0.259 e. The minimum absolute atomic E-state index is 0.0243. The molecule has 0 atom stereocenters. The Bertz CT molecular complexity index is 885. The maximum atomic E-state index is 14.3. The van der Waals surface area contributed by atoms with Crippen LogP contribution in [0.15, 0.2) is 43.0 Å². The Labute approximate surface area is 137 Å². The molecule has 0 saturated carbocycles. The van der Waals surface area contributed by atoms with Gasteiger partial charge in [0, 0.05) is 36.3 Å². The lowest BCUT2D eigenvalue weighted by atomic mass is 10.1. The quantitative estimate of drug-likeness (QED) is 0.804. The van der Waals surface area contributed by atoms with Crippen molar-refractivity contribution < 1.29 is 9.18 Å². The van der Waals surface area contributed by atoms with Crippen molar-refractivity contribution in [2.24, 2.45) is 0 Å². The van der Waals surface area contributed by atoms with Crippen LogP contribution >= 0.6 is 0 Å². The van der Waals surface area contributed by atoms with E-state index in [9.17, 15) is 9.18 Å². The van der Waals surface area contributed by atoms with Crippen LogP contribution in [-0.4, -0.2) is 25.7 Å². The number of halogens is 1. The van der Waals surface area contributed by atoms with Gasteiger partial charge in [-0.25, -0.2) is 14.4 Å². The van der Waals surface area contributed by atoms with Crippen molar-refractivity contribution in [1.82, 2.24) is 19.7 Å². The van der Waals surface area contributed by atoms with Gasteiger partial charge in [0.25, 0.3) is 5.91 Å². The van der Waals surface area contributed by atoms with Crippen molar-refractivity contribution in [1.29, 1.82) is 0 Å². The molecule has 0 unspecified atom stereocenters. The van der Waals surface area contributed by atoms with Crippen LogP contribution in [0, 0.1) is 5.82 Å². The molecule has 1 N–H and O–H groups in total. The molecule has 3 aromatic rings. The number of fused-ring (bicyclic) bond motifs is 1. The first-order chi connectivity index (χ1) is 11.7. The molecule has 6 nitrogen and oxygen atoms in total. The van der Waals surface area contributed by atoms with Crippen molar-refractivity contribution in [3.05, 3.63) is 60.1 Å². The second-order valence-electron chi connectivity index (χ2n) is 5.62. The predicted octanol–water partition coefficient (Wildman–Crippen LogP) is 2.68. The zero-order chi connectivity index (χ0) is 16.5. The molecule has 1 aliphatic rings. The van der Waals surface area contributed by atoms with Crippen LogP contribution in [0.2, 0.25) is 0 Å². The van der Waals surface area contributed by atoms with Gasteiger partial charge >= 0.3 is 0 Å². The van der Waals surface area contributed by atoms with Gasteiger partial charge < -0.3 is 5.32 Å². The Hall–Kier alpha value is -3.09. The summed E-state index contributed by atoms with van der Waals surface area (Å²) in [6.45, 7) is 0.855. The lowest BCUT2D eigenvalue weighted by Crippen LogP contribution is -2.14. The van der Waals surface area contributed by atoms with Crippen molar-refractivity contribution >= 4 is 11.7 Å². The number of nitrogens with one attached hydrogen (secondary N) is 1. The average molecular weight is 323 g/mol. The molecule has 7 heteroatoms. The number of benzene rings is 1. The molecule has 0 bridgehead atoms. The first-order valence-electron chi connectivity index (χ1n) is 7.64. The molecule has 0 saturated heterocycles. The number of hydrogen-bond acceptors (Lipinski definition) is 4. The van der Waals surface area contributed by atoms with Crippen LogP contribution < -0.4 is 5.32 Å². The highest BCUT2D eigenvalue weighted by atomic mass is 19.1. The van der Waals surface area contributed by atoms with Crippen LogP contribution in [0.1, 0.15) is 22.5 Å². The third kappa shape index (κ3) is 2.64. The summed E-state index contributed by atoms with van der Waals surface area (Å²) in [6, 6.07) is 6.26. The molecule has 1 amide bonds. The molecule has 120 valence electrons. The Morgan fingerprint density at radius 1 is 1.17 bits per heavy atom. The van der Waals surface area contributed by atoms with Crippen LogP contribution in [0.5, 0.6) is 0 Å². The van der Waals surface area contributed by atoms with E-state index in [2.05, 4.69) is 20.4 Å². The normalized spacial score (nSPS) is 12.9. The fourth-order valence-corrected chi connectivity index (χ4v) is 2.83. The summed E-state index contributed by atoms with van der Waals surface area (Å²) in [4.78, 5) is 20.1. The second kappa shape index (κ2) is 5.84. The summed E-state index contributed by atoms with van der Waals surface area (Å²) in [5.74, 6) is -0.657. The fraction of sp³-hybridized carbons (Fsp3) is 0.176. The van der Waals surface area contributed by atoms with Gasteiger partial charge in [-0.15, -0.1) is 0 Å². The third-order valence-corrected chi connectivity index (χ3v) is 4.02. The first-order valence-corrected chi connectivity index (χ1v) is 7.64. The fourth-order valence-electron chi connectivity index (χ4n) is 2.83. The molecule has 2 aromatic heterocycles. The van der Waals surface area contributed by atoms with Crippen LogP contribution in [0.25, 0.3) is 11.1 Å². The molecular weight excluding hydrogens is 309 g/mol. The Kier molecular flexibility index (Phi) is 3.53. The largest absolute Gasteiger partial charge is 0.305 e. The lowest BCUT2D eigenvalue weighted by molar-refractivity contribution is 0.102. The first kappa shape index (κ1) is 14.5. The highest BCUT2D eigenvalue weighted by Crippen LogP contribution is 2.22. The summed E-state index contributed by atoms with van der Waals surface area (Å²) < 4.78 is 16.2. The minimum atomic E-state index is -0.597. The molecule has 1 aliphatic heterocycles. The van der Waals surface area contributed by atoms with Gasteiger partial charge in [-0.05, 0) is 30.5 Å². The number of carbonyl (C=O) groups is 1. The van der Waals surface area contributed by atoms with E-state index in [4.69, 9.17) is 0 Å². The highest BCUT2D eigenvalue weighted by Gasteiger charge is 2.17. The number of carbonyl (C=O) groups excluding carboxylic acids is 1. The van der Waals surface area contributed by atoms with Gasteiger partial charge in [-0.2, -0.15) is 5.10 Å². The van der Waals surface area contributed by atoms with E-state index in [0.717, 1.165) is 25.1 Å². The molecule has 0 spiro atoms. The summed E-state index contributed by atoms with van der Waals surface area (Å²) in [6.07, 6.45) is 6.60. The molecule has 24 heavy (non-hydrogen) atoms. The number of nitrogens with zero attached hydrogens (tertiary/aromatic N) is 4. The predicted molar refractivity (Wildman–Crippen MR) is 85.9 cm³/mol. The van der Waals surface area contributed by atoms with Crippen LogP contribution in [0.4, 0.5) is 10.2 Å². The van der Waals surface area contributed by atoms with E-state index >= 15 is 0 Å². The zero-order valence-electron chi connectivity index (χ0n) is 12.7. The summed E-state index contributed by atoms with van der Waals surface area (Å²) in [7, 11) is 0. The van der Waals surface area contributed by atoms with Gasteiger partial charge in [-0.1, -0.05) is 6.07 Å². The van der Waals surface area contributed by atoms with Gasteiger partial charge in [0.05, 0.1) is 5.56 Å². The van der Waals surface area contributed by atoms with E-state index in [-0.39, 0.29) is 5.56 Å². The average Bonchev–Trinajstić information content (AvgIpc) is 3.17. The monoisotopic (exact) mass is 323 g/mol. The van der Waals surface area contributed by atoms with E-state index < -0.39 is 11.7 Å². The van der Waals surface area contributed by atoms with E-state index in [1.807, 2.05) is 10.7 Å². The second-order valence-corrected chi connectivity index (χ2v) is 5.62. The number of anilines is 1. The van der Waals surface area contributed by atoms with Gasteiger partial charge in [-0.3, -0.25) is 9.48 Å². The summed E-state index contributed by atoms with van der Waals surface area (Å²) >= 11 is 0. The van der Waals surface area contributed by atoms with Crippen molar-refractivity contribution in [2.45, 2.75) is 19.4 Å². The van der Waals surface area contributed by atoms with Gasteiger partial charge in [0.15, 0.2) is 5.82 Å². The minimum Gasteiger partial charge on any atom is -0.305 e. The SMILES string of the molecule is O=C(Nc1cc2n(n1)CCC2)c1ccc(-c2cncnc2)cc1F. The molecule has 0 aliphatic carbocycles. The van der Waals surface area contributed by atoms with Crippen LogP contribution in [-0.2, 0) is 13.0 Å². The summed E-state index contributed by atoms with van der Waals surface area (Å²) in [5, 5.41) is 6.95. The Morgan fingerprint density at radius 2 is 2.00 bits per heavy atom. The number of aromatic nitrogens is 4. The van der Waals surface area contributed by atoms with Gasteiger partial charge in [0.1, 0.15) is 12.1 Å². The van der Waals surface area contributed by atoms with E-state index in [0.29, 0.717) is 16.9 Å². The molecule has 4 rings (SSSR count). The number of rotatable bonds is 3.